The Bertz CT molecular complexity index is 344. The first kappa shape index (κ1) is 15.7. The van der Waals surface area contributed by atoms with E-state index in [1.165, 1.54) is 0 Å². The Labute approximate surface area is 114 Å². The molecule has 0 amide bonds. The molecule has 0 saturated carbocycles. The highest BCUT2D eigenvalue weighted by molar-refractivity contribution is 5.38. The van der Waals surface area contributed by atoms with Crippen LogP contribution in [0.15, 0.2) is 6.07 Å². The van der Waals surface area contributed by atoms with Crippen LogP contribution in [0.2, 0.25) is 0 Å². The standard InChI is InChI=1S/C13H23N3O3/c1-10(2)13-15-11(14-5-6-17-3)9-12(16-13)19-8-7-18-4/h9-10H,5-8H2,1-4H3,(H,14,15,16). The van der Waals surface area contributed by atoms with Gasteiger partial charge in [-0.25, -0.2) is 4.98 Å². The highest BCUT2D eigenvalue weighted by atomic mass is 16.5. The molecule has 1 aromatic rings. The van der Waals surface area contributed by atoms with Gasteiger partial charge in [-0.15, -0.1) is 0 Å². The molecule has 1 aromatic heterocycles. The van der Waals surface area contributed by atoms with E-state index in [1.54, 1.807) is 20.3 Å². The van der Waals surface area contributed by atoms with Gasteiger partial charge < -0.3 is 19.5 Å². The number of nitrogens with one attached hydrogen (secondary N) is 1. The van der Waals surface area contributed by atoms with Crippen molar-refractivity contribution in [3.63, 3.8) is 0 Å². The highest BCUT2D eigenvalue weighted by Gasteiger charge is 2.08. The topological polar surface area (TPSA) is 65.5 Å². The number of ether oxygens (including phenoxy) is 3. The van der Waals surface area contributed by atoms with Crippen molar-refractivity contribution in [2.24, 2.45) is 0 Å². The minimum absolute atomic E-state index is 0.244. The Kier molecular flexibility index (Phi) is 7.14. The minimum Gasteiger partial charge on any atom is -0.475 e. The predicted octanol–water partition coefficient (Wildman–Crippen LogP) is 1.68. The van der Waals surface area contributed by atoms with E-state index in [0.29, 0.717) is 32.2 Å². The maximum Gasteiger partial charge on any atom is 0.218 e. The summed E-state index contributed by atoms with van der Waals surface area (Å²) >= 11 is 0. The van der Waals surface area contributed by atoms with Gasteiger partial charge in [-0.1, -0.05) is 13.8 Å². The van der Waals surface area contributed by atoms with Gasteiger partial charge in [-0.2, -0.15) is 4.98 Å². The molecule has 0 aliphatic heterocycles. The molecule has 19 heavy (non-hydrogen) atoms. The van der Waals surface area contributed by atoms with Gasteiger partial charge in [-0.05, 0) is 0 Å². The Hall–Kier alpha value is -1.40. The smallest absolute Gasteiger partial charge is 0.218 e. The van der Waals surface area contributed by atoms with E-state index >= 15 is 0 Å². The van der Waals surface area contributed by atoms with Crippen molar-refractivity contribution >= 4 is 5.82 Å². The largest absolute Gasteiger partial charge is 0.475 e. The quantitative estimate of drug-likeness (QED) is 0.688. The second-order valence-electron chi connectivity index (χ2n) is 4.37. The lowest BCUT2D eigenvalue weighted by atomic mass is 10.2. The third-order valence-corrected chi connectivity index (χ3v) is 2.39. The number of rotatable bonds is 9. The van der Waals surface area contributed by atoms with Gasteiger partial charge >= 0.3 is 0 Å². The van der Waals surface area contributed by atoms with E-state index in [2.05, 4.69) is 15.3 Å². The van der Waals surface area contributed by atoms with E-state index in [4.69, 9.17) is 14.2 Å². The van der Waals surface area contributed by atoms with Gasteiger partial charge in [0.1, 0.15) is 18.2 Å². The summed E-state index contributed by atoms with van der Waals surface area (Å²) in [5.74, 6) is 2.32. The first-order valence-electron chi connectivity index (χ1n) is 6.41. The molecule has 0 radical (unpaired) electrons. The summed E-state index contributed by atoms with van der Waals surface area (Å²) in [4.78, 5) is 8.82. The third kappa shape index (κ3) is 5.85. The SMILES string of the molecule is COCCNc1cc(OCCOC)nc(C(C)C)n1. The number of hydrogen-bond donors (Lipinski definition) is 1. The molecule has 108 valence electrons. The van der Waals surface area contributed by atoms with Gasteiger partial charge in [0.05, 0.1) is 13.2 Å². The number of anilines is 1. The van der Waals surface area contributed by atoms with Crippen LogP contribution in [0.1, 0.15) is 25.6 Å². The zero-order valence-electron chi connectivity index (χ0n) is 12.1. The van der Waals surface area contributed by atoms with Crippen molar-refractivity contribution in [1.29, 1.82) is 0 Å². The van der Waals surface area contributed by atoms with Crippen molar-refractivity contribution in [2.45, 2.75) is 19.8 Å². The van der Waals surface area contributed by atoms with Gasteiger partial charge in [-0.3, -0.25) is 0 Å². The predicted molar refractivity (Wildman–Crippen MR) is 73.9 cm³/mol. The fourth-order valence-corrected chi connectivity index (χ4v) is 1.38. The average Bonchev–Trinajstić information content (AvgIpc) is 2.39. The summed E-state index contributed by atoms with van der Waals surface area (Å²) in [5.41, 5.74) is 0. The van der Waals surface area contributed by atoms with Crippen LogP contribution in [0.25, 0.3) is 0 Å². The molecule has 0 aliphatic rings. The number of nitrogens with zero attached hydrogens (tertiary/aromatic N) is 2. The van der Waals surface area contributed by atoms with Crippen molar-refractivity contribution < 1.29 is 14.2 Å². The van der Waals surface area contributed by atoms with Crippen molar-refractivity contribution in [3.05, 3.63) is 11.9 Å². The fourth-order valence-electron chi connectivity index (χ4n) is 1.38. The van der Waals surface area contributed by atoms with Crippen LogP contribution in [0, 0.1) is 0 Å². The zero-order valence-corrected chi connectivity index (χ0v) is 12.1. The van der Waals surface area contributed by atoms with Gasteiger partial charge in [0.15, 0.2) is 0 Å². The maximum atomic E-state index is 5.54. The van der Waals surface area contributed by atoms with Crippen molar-refractivity contribution in [1.82, 2.24) is 9.97 Å². The van der Waals surface area contributed by atoms with Crippen LogP contribution in [0.5, 0.6) is 5.88 Å². The summed E-state index contributed by atoms with van der Waals surface area (Å²) in [5, 5.41) is 3.18. The van der Waals surface area contributed by atoms with E-state index < -0.39 is 0 Å². The Balaban J connectivity index is 2.72. The summed E-state index contributed by atoms with van der Waals surface area (Å²) < 4.78 is 15.5. The van der Waals surface area contributed by atoms with E-state index in [1.807, 2.05) is 13.8 Å². The maximum absolute atomic E-state index is 5.54. The molecule has 0 bridgehead atoms. The van der Waals surface area contributed by atoms with Crippen LogP contribution < -0.4 is 10.1 Å². The van der Waals surface area contributed by atoms with E-state index in [-0.39, 0.29) is 5.92 Å². The summed E-state index contributed by atoms with van der Waals surface area (Å²) in [7, 11) is 3.31. The lowest BCUT2D eigenvalue weighted by Crippen LogP contribution is -2.12. The van der Waals surface area contributed by atoms with Crippen LogP contribution >= 0.6 is 0 Å². The second-order valence-corrected chi connectivity index (χ2v) is 4.37. The molecule has 0 unspecified atom stereocenters. The summed E-state index contributed by atoms with van der Waals surface area (Å²) in [6.45, 7) is 6.43. The minimum atomic E-state index is 0.244. The summed E-state index contributed by atoms with van der Waals surface area (Å²) in [6, 6.07) is 1.79. The third-order valence-electron chi connectivity index (χ3n) is 2.39. The number of hydrogen-bond acceptors (Lipinski definition) is 6. The number of methoxy groups -OCH3 is 2. The van der Waals surface area contributed by atoms with Crippen LogP contribution in [-0.4, -0.2) is 50.6 Å². The zero-order chi connectivity index (χ0) is 14.1. The van der Waals surface area contributed by atoms with Crippen molar-refractivity contribution in [2.75, 3.05) is 45.9 Å². The molecule has 1 rings (SSSR count). The fraction of sp³-hybridized carbons (Fsp3) is 0.692. The second kappa shape index (κ2) is 8.66. The first-order chi connectivity index (χ1) is 9.17. The monoisotopic (exact) mass is 269 g/mol. The molecule has 1 heterocycles. The van der Waals surface area contributed by atoms with Gasteiger partial charge in [0.2, 0.25) is 5.88 Å². The molecule has 6 heteroatoms. The molecule has 0 saturated heterocycles. The van der Waals surface area contributed by atoms with E-state index in [0.717, 1.165) is 11.6 Å². The van der Waals surface area contributed by atoms with Gasteiger partial charge in [0.25, 0.3) is 0 Å². The lowest BCUT2D eigenvalue weighted by Gasteiger charge is -2.12. The van der Waals surface area contributed by atoms with Crippen LogP contribution in [0.3, 0.4) is 0 Å². The lowest BCUT2D eigenvalue weighted by molar-refractivity contribution is 0.143. The highest BCUT2D eigenvalue weighted by Crippen LogP contribution is 2.18. The molecule has 0 atom stereocenters. The Morgan fingerprint density at radius 3 is 2.47 bits per heavy atom. The molecular weight excluding hydrogens is 246 g/mol. The Morgan fingerprint density at radius 2 is 1.84 bits per heavy atom. The Morgan fingerprint density at radius 1 is 1.11 bits per heavy atom. The first-order valence-corrected chi connectivity index (χ1v) is 6.41. The molecule has 0 aromatic carbocycles. The molecule has 0 fully saturated rings. The number of aromatic nitrogens is 2. The molecule has 0 aliphatic carbocycles. The molecule has 6 nitrogen and oxygen atoms in total. The van der Waals surface area contributed by atoms with E-state index in [9.17, 15) is 0 Å². The van der Waals surface area contributed by atoms with Crippen molar-refractivity contribution in [3.8, 4) is 5.88 Å². The molecule has 1 N–H and O–H groups in total. The summed E-state index contributed by atoms with van der Waals surface area (Å²) in [6.07, 6.45) is 0. The van der Waals surface area contributed by atoms with Crippen LogP contribution in [0.4, 0.5) is 5.82 Å². The van der Waals surface area contributed by atoms with Crippen LogP contribution in [-0.2, 0) is 9.47 Å². The van der Waals surface area contributed by atoms with Gasteiger partial charge in [0, 0.05) is 32.7 Å². The molecular formula is C13H23N3O3. The average molecular weight is 269 g/mol. The normalized spacial score (nSPS) is 10.8. The molecule has 0 spiro atoms.